The molecule has 5 heteroatoms. The van der Waals surface area contributed by atoms with Crippen LogP contribution < -0.4 is 0 Å². The lowest BCUT2D eigenvalue weighted by Gasteiger charge is -2.04. The Kier molecular flexibility index (Phi) is 2.65. The standard InChI is InChI=1S/C10H14N4S/c1-5-15-10-12-9-11-7(3)6(2)8(4)14(9)13-10/h5H2,1-4H3. The number of aryl methyl sites for hydroxylation is 2. The summed E-state index contributed by atoms with van der Waals surface area (Å²) in [6.45, 7) is 8.20. The molecule has 0 aromatic carbocycles. The Morgan fingerprint density at radius 3 is 2.60 bits per heavy atom. The molecular formula is C10H14N4S. The van der Waals surface area contributed by atoms with E-state index in [1.807, 2.05) is 18.4 Å². The normalized spacial score (nSPS) is 11.2. The third kappa shape index (κ3) is 1.71. The minimum Gasteiger partial charge on any atom is -0.216 e. The first-order valence-corrected chi connectivity index (χ1v) is 5.95. The minimum absolute atomic E-state index is 0.701. The highest BCUT2D eigenvalue weighted by Gasteiger charge is 2.10. The fourth-order valence-corrected chi connectivity index (χ4v) is 1.97. The van der Waals surface area contributed by atoms with Crippen LogP contribution in [0.4, 0.5) is 0 Å². The van der Waals surface area contributed by atoms with Crippen LogP contribution in [-0.2, 0) is 0 Å². The van der Waals surface area contributed by atoms with Crippen molar-refractivity contribution in [1.82, 2.24) is 19.6 Å². The minimum atomic E-state index is 0.701. The number of aromatic nitrogens is 4. The Labute approximate surface area is 93.1 Å². The largest absolute Gasteiger partial charge is 0.253 e. The zero-order valence-electron chi connectivity index (χ0n) is 9.40. The second kappa shape index (κ2) is 3.81. The third-order valence-corrected chi connectivity index (χ3v) is 3.23. The molecule has 2 heterocycles. The third-order valence-electron chi connectivity index (χ3n) is 2.51. The lowest BCUT2D eigenvalue weighted by molar-refractivity contribution is 0.832. The molecule has 0 aliphatic heterocycles. The Morgan fingerprint density at radius 1 is 1.20 bits per heavy atom. The Hall–Kier alpha value is -1.10. The number of rotatable bonds is 2. The molecule has 0 saturated heterocycles. The summed E-state index contributed by atoms with van der Waals surface area (Å²) in [5.74, 6) is 1.68. The molecule has 15 heavy (non-hydrogen) atoms. The van der Waals surface area contributed by atoms with Crippen molar-refractivity contribution in [2.24, 2.45) is 0 Å². The van der Waals surface area contributed by atoms with Gasteiger partial charge in [-0.25, -0.2) is 9.50 Å². The van der Waals surface area contributed by atoms with E-state index in [1.165, 1.54) is 5.56 Å². The molecule has 0 fully saturated rings. The van der Waals surface area contributed by atoms with Gasteiger partial charge in [0.25, 0.3) is 5.78 Å². The van der Waals surface area contributed by atoms with E-state index >= 15 is 0 Å². The number of nitrogens with zero attached hydrogens (tertiary/aromatic N) is 4. The molecule has 0 bridgehead atoms. The molecule has 0 atom stereocenters. The summed E-state index contributed by atoms with van der Waals surface area (Å²) in [4.78, 5) is 8.78. The lowest BCUT2D eigenvalue weighted by atomic mass is 10.2. The van der Waals surface area contributed by atoms with Gasteiger partial charge in [-0.3, -0.25) is 0 Å². The van der Waals surface area contributed by atoms with E-state index in [4.69, 9.17) is 0 Å². The van der Waals surface area contributed by atoms with E-state index in [9.17, 15) is 0 Å². The van der Waals surface area contributed by atoms with Crippen molar-refractivity contribution >= 4 is 17.5 Å². The van der Waals surface area contributed by atoms with E-state index in [1.54, 1.807) is 11.8 Å². The van der Waals surface area contributed by atoms with Crippen LogP contribution in [0, 0.1) is 20.8 Å². The second-order valence-electron chi connectivity index (χ2n) is 3.45. The van der Waals surface area contributed by atoms with Gasteiger partial charge in [0.1, 0.15) is 0 Å². The number of hydrogen-bond donors (Lipinski definition) is 0. The average molecular weight is 222 g/mol. The fourth-order valence-electron chi connectivity index (χ4n) is 1.43. The van der Waals surface area contributed by atoms with Crippen LogP contribution in [0.5, 0.6) is 0 Å². The van der Waals surface area contributed by atoms with Crippen molar-refractivity contribution in [1.29, 1.82) is 0 Å². The molecular weight excluding hydrogens is 208 g/mol. The van der Waals surface area contributed by atoms with Crippen LogP contribution in [0.15, 0.2) is 5.16 Å². The molecule has 2 aromatic rings. The molecule has 2 aromatic heterocycles. The monoisotopic (exact) mass is 222 g/mol. The Bertz CT molecular complexity index is 504. The highest BCUT2D eigenvalue weighted by atomic mass is 32.2. The van der Waals surface area contributed by atoms with Crippen molar-refractivity contribution in [3.8, 4) is 0 Å². The van der Waals surface area contributed by atoms with E-state index < -0.39 is 0 Å². The molecule has 0 saturated carbocycles. The highest BCUT2D eigenvalue weighted by Crippen LogP contribution is 2.16. The van der Waals surface area contributed by atoms with E-state index in [2.05, 4.69) is 28.9 Å². The first kappa shape index (κ1) is 10.4. The molecule has 2 rings (SSSR count). The van der Waals surface area contributed by atoms with Crippen LogP contribution >= 0.6 is 11.8 Å². The van der Waals surface area contributed by atoms with E-state index in [0.29, 0.717) is 5.78 Å². The van der Waals surface area contributed by atoms with Crippen molar-refractivity contribution in [2.75, 3.05) is 5.75 Å². The molecule has 0 aliphatic carbocycles. The molecule has 0 amide bonds. The summed E-state index contributed by atoms with van der Waals surface area (Å²) in [5, 5.41) is 5.21. The molecule has 4 nitrogen and oxygen atoms in total. The van der Waals surface area contributed by atoms with Gasteiger partial charge in [-0.15, -0.1) is 5.10 Å². The maximum Gasteiger partial charge on any atom is 0.253 e. The number of thioether (sulfide) groups is 1. The van der Waals surface area contributed by atoms with Gasteiger partial charge in [0.05, 0.1) is 0 Å². The maximum absolute atomic E-state index is 4.41. The lowest BCUT2D eigenvalue weighted by Crippen LogP contribution is -2.02. The molecule has 0 N–H and O–H groups in total. The quantitative estimate of drug-likeness (QED) is 0.730. The predicted octanol–water partition coefficient (Wildman–Crippen LogP) is 2.16. The first-order chi connectivity index (χ1) is 7.13. The van der Waals surface area contributed by atoms with Gasteiger partial charge in [-0.2, -0.15) is 4.98 Å². The number of hydrogen-bond acceptors (Lipinski definition) is 4. The second-order valence-corrected chi connectivity index (χ2v) is 4.68. The van der Waals surface area contributed by atoms with Gasteiger partial charge < -0.3 is 0 Å². The summed E-state index contributed by atoms with van der Waals surface area (Å²) in [5.41, 5.74) is 3.33. The highest BCUT2D eigenvalue weighted by molar-refractivity contribution is 7.99. The van der Waals surface area contributed by atoms with Crippen molar-refractivity contribution in [3.05, 3.63) is 17.0 Å². The summed E-state index contributed by atoms with van der Waals surface area (Å²) in [6, 6.07) is 0. The molecule has 0 spiro atoms. The molecule has 0 aliphatic rings. The van der Waals surface area contributed by atoms with Gasteiger partial charge >= 0.3 is 0 Å². The van der Waals surface area contributed by atoms with E-state index in [0.717, 1.165) is 22.3 Å². The van der Waals surface area contributed by atoms with Crippen LogP contribution in [0.2, 0.25) is 0 Å². The summed E-state index contributed by atoms with van der Waals surface area (Å²) in [6.07, 6.45) is 0. The van der Waals surface area contributed by atoms with Gasteiger partial charge in [0.2, 0.25) is 5.16 Å². The predicted molar refractivity (Wildman–Crippen MR) is 61.4 cm³/mol. The SMILES string of the molecule is CCSc1nc2nc(C)c(C)c(C)n2n1. The maximum atomic E-state index is 4.41. The van der Waals surface area contributed by atoms with Crippen LogP contribution in [0.3, 0.4) is 0 Å². The zero-order valence-corrected chi connectivity index (χ0v) is 10.2. The van der Waals surface area contributed by atoms with Crippen LogP contribution in [0.25, 0.3) is 5.78 Å². The Balaban J connectivity index is 2.65. The van der Waals surface area contributed by atoms with Crippen molar-refractivity contribution < 1.29 is 0 Å². The average Bonchev–Trinajstić information content (AvgIpc) is 2.58. The van der Waals surface area contributed by atoms with Crippen molar-refractivity contribution in [2.45, 2.75) is 32.9 Å². The first-order valence-electron chi connectivity index (χ1n) is 4.97. The van der Waals surface area contributed by atoms with E-state index in [-0.39, 0.29) is 0 Å². The fraction of sp³-hybridized carbons (Fsp3) is 0.500. The number of fused-ring (bicyclic) bond motifs is 1. The molecule has 80 valence electrons. The Morgan fingerprint density at radius 2 is 1.93 bits per heavy atom. The summed E-state index contributed by atoms with van der Waals surface area (Å²) in [7, 11) is 0. The topological polar surface area (TPSA) is 43.1 Å². The van der Waals surface area contributed by atoms with Crippen molar-refractivity contribution in [3.63, 3.8) is 0 Å². The van der Waals surface area contributed by atoms with Gasteiger partial charge in [-0.1, -0.05) is 18.7 Å². The smallest absolute Gasteiger partial charge is 0.216 e. The summed E-state index contributed by atoms with van der Waals surface area (Å²) < 4.78 is 1.82. The summed E-state index contributed by atoms with van der Waals surface area (Å²) >= 11 is 1.64. The van der Waals surface area contributed by atoms with Gasteiger partial charge in [0.15, 0.2) is 0 Å². The van der Waals surface area contributed by atoms with Gasteiger partial charge in [-0.05, 0) is 32.1 Å². The van der Waals surface area contributed by atoms with Crippen LogP contribution in [0.1, 0.15) is 23.9 Å². The van der Waals surface area contributed by atoms with Crippen LogP contribution in [-0.4, -0.2) is 25.3 Å². The zero-order chi connectivity index (χ0) is 11.0. The molecule has 0 radical (unpaired) electrons. The van der Waals surface area contributed by atoms with Gasteiger partial charge in [0, 0.05) is 11.4 Å². The molecule has 0 unspecified atom stereocenters.